The van der Waals surface area contributed by atoms with Crippen molar-refractivity contribution < 1.29 is 13.2 Å². The van der Waals surface area contributed by atoms with Crippen LogP contribution in [-0.4, -0.2) is 28.9 Å². The Kier molecular flexibility index (Phi) is 6.02. The first kappa shape index (κ1) is 20.3. The summed E-state index contributed by atoms with van der Waals surface area (Å²) in [6.07, 6.45) is 1.49. The SMILES string of the molecule is Cc1ccc(N(C(=O)c2cn(Cc3ccc(Cl)nc3Cl)c(C)n2)[SH](=O)=O)cc1. The zero-order valence-electron chi connectivity index (χ0n) is 15.0. The fourth-order valence-electron chi connectivity index (χ4n) is 2.59. The maximum absolute atomic E-state index is 12.8. The van der Waals surface area contributed by atoms with Gasteiger partial charge in [0.15, 0.2) is 0 Å². The van der Waals surface area contributed by atoms with Crippen LogP contribution in [0, 0.1) is 13.8 Å². The molecular formula is C18H16Cl2N4O3S. The predicted octanol–water partition coefficient (Wildman–Crippen LogP) is 3.42. The molecule has 0 aliphatic rings. The lowest BCUT2D eigenvalue weighted by molar-refractivity contribution is 0.100. The van der Waals surface area contributed by atoms with E-state index in [2.05, 4.69) is 9.97 Å². The van der Waals surface area contributed by atoms with Crippen LogP contribution in [0.5, 0.6) is 0 Å². The van der Waals surface area contributed by atoms with Gasteiger partial charge >= 0.3 is 0 Å². The molecule has 0 atom stereocenters. The second-order valence-electron chi connectivity index (χ2n) is 6.08. The average Bonchev–Trinajstić information content (AvgIpc) is 2.99. The number of anilines is 1. The Hall–Kier alpha value is -2.42. The van der Waals surface area contributed by atoms with Crippen LogP contribution in [0.25, 0.3) is 0 Å². The van der Waals surface area contributed by atoms with Gasteiger partial charge in [-0.25, -0.2) is 22.7 Å². The van der Waals surface area contributed by atoms with Gasteiger partial charge in [-0.2, -0.15) is 0 Å². The van der Waals surface area contributed by atoms with Crippen LogP contribution in [0.2, 0.25) is 10.3 Å². The summed E-state index contributed by atoms with van der Waals surface area (Å²) in [5.41, 5.74) is 1.90. The fourth-order valence-corrected chi connectivity index (χ4v) is 3.57. The van der Waals surface area contributed by atoms with Crippen LogP contribution in [0.1, 0.15) is 27.4 Å². The van der Waals surface area contributed by atoms with Crippen molar-refractivity contribution in [2.24, 2.45) is 0 Å². The Morgan fingerprint density at radius 3 is 2.36 bits per heavy atom. The van der Waals surface area contributed by atoms with Gasteiger partial charge in [-0.05, 0) is 32.0 Å². The maximum atomic E-state index is 12.8. The molecule has 0 spiro atoms. The monoisotopic (exact) mass is 438 g/mol. The number of carbonyl (C=O) groups is 1. The highest BCUT2D eigenvalue weighted by molar-refractivity contribution is 7.75. The van der Waals surface area contributed by atoms with E-state index in [1.54, 1.807) is 47.9 Å². The van der Waals surface area contributed by atoms with Crippen LogP contribution in [0.4, 0.5) is 5.69 Å². The number of aryl methyl sites for hydroxylation is 2. The molecule has 0 radical (unpaired) electrons. The summed E-state index contributed by atoms with van der Waals surface area (Å²) in [6, 6.07) is 9.94. The Balaban J connectivity index is 1.91. The van der Waals surface area contributed by atoms with E-state index in [1.807, 2.05) is 6.92 Å². The van der Waals surface area contributed by atoms with E-state index in [-0.39, 0.29) is 21.7 Å². The van der Waals surface area contributed by atoms with Crippen LogP contribution in [0.15, 0.2) is 42.6 Å². The van der Waals surface area contributed by atoms with Crippen LogP contribution in [-0.2, 0) is 17.4 Å². The molecule has 1 aromatic carbocycles. The number of nitrogens with zero attached hydrogens (tertiary/aromatic N) is 4. The molecule has 0 unspecified atom stereocenters. The second kappa shape index (κ2) is 8.30. The zero-order valence-corrected chi connectivity index (χ0v) is 17.4. The minimum absolute atomic E-state index is 0.00956. The van der Waals surface area contributed by atoms with E-state index in [9.17, 15) is 13.2 Å². The number of pyridine rings is 1. The van der Waals surface area contributed by atoms with Gasteiger partial charge in [0.05, 0.1) is 12.2 Å². The van der Waals surface area contributed by atoms with E-state index in [0.717, 1.165) is 5.56 Å². The normalized spacial score (nSPS) is 11.0. The number of halogens is 2. The van der Waals surface area contributed by atoms with Gasteiger partial charge in [0.25, 0.3) is 5.91 Å². The molecule has 146 valence electrons. The number of imidazole rings is 1. The lowest BCUT2D eigenvalue weighted by Crippen LogP contribution is -2.29. The third-order valence-electron chi connectivity index (χ3n) is 4.06. The van der Waals surface area contributed by atoms with Gasteiger partial charge in [0, 0.05) is 11.8 Å². The Labute approximate surface area is 173 Å². The summed E-state index contributed by atoms with van der Waals surface area (Å²) in [5.74, 6) is -0.207. The Morgan fingerprint density at radius 2 is 1.75 bits per heavy atom. The molecule has 0 aliphatic carbocycles. The van der Waals surface area contributed by atoms with Crippen LogP contribution >= 0.6 is 23.2 Å². The van der Waals surface area contributed by atoms with E-state index >= 15 is 0 Å². The highest BCUT2D eigenvalue weighted by Crippen LogP contribution is 2.21. The van der Waals surface area contributed by atoms with Crippen molar-refractivity contribution >= 4 is 45.7 Å². The van der Waals surface area contributed by atoms with Gasteiger partial charge in [0.2, 0.25) is 10.9 Å². The molecule has 2 aromatic heterocycles. The van der Waals surface area contributed by atoms with E-state index in [4.69, 9.17) is 23.2 Å². The van der Waals surface area contributed by atoms with Crippen molar-refractivity contribution in [3.8, 4) is 0 Å². The maximum Gasteiger partial charge on any atom is 0.292 e. The number of thiol groups is 1. The number of hydrogen-bond acceptors (Lipinski definition) is 5. The first-order chi connectivity index (χ1) is 13.3. The molecule has 0 aliphatic heterocycles. The van der Waals surface area contributed by atoms with Gasteiger partial charge in [0.1, 0.15) is 21.8 Å². The average molecular weight is 439 g/mol. The van der Waals surface area contributed by atoms with Gasteiger partial charge in [-0.1, -0.05) is 47.0 Å². The minimum Gasteiger partial charge on any atom is -0.330 e. The summed E-state index contributed by atoms with van der Waals surface area (Å²) in [4.78, 5) is 21.0. The number of aromatic nitrogens is 3. The Morgan fingerprint density at radius 1 is 1.07 bits per heavy atom. The summed E-state index contributed by atoms with van der Waals surface area (Å²) in [5, 5.41) is 0.525. The predicted molar refractivity (Wildman–Crippen MR) is 109 cm³/mol. The summed E-state index contributed by atoms with van der Waals surface area (Å²) < 4.78 is 25.9. The van der Waals surface area contributed by atoms with Crippen LogP contribution in [0.3, 0.4) is 0 Å². The highest BCUT2D eigenvalue weighted by atomic mass is 35.5. The lowest BCUT2D eigenvalue weighted by atomic mass is 10.2. The number of hydrogen-bond donors (Lipinski definition) is 1. The van der Waals surface area contributed by atoms with Gasteiger partial charge in [-0.15, -0.1) is 0 Å². The molecule has 0 saturated heterocycles. The highest BCUT2D eigenvalue weighted by Gasteiger charge is 2.23. The zero-order chi connectivity index (χ0) is 20.4. The third-order valence-corrected chi connectivity index (χ3v) is 5.34. The largest absolute Gasteiger partial charge is 0.330 e. The third kappa shape index (κ3) is 4.35. The number of benzene rings is 1. The molecule has 7 nitrogen and oxygen atoms in total. The van der Waals surface area contributed by atoms with Crippen molar-refractivity contribution in [2.45, 2.75) is 20.4 Å². The van der Waals surface area contributed by atoms with Crippen molar-refractivity contribution in [3.05, 3.63) is 75.5 Å². The first-order valence-electron chi connectivity index (χ1n) is 8.16. The molecule has 0 saturated carbocycles. The van der Waals surface area contributed by atoms with E-state index in [0.29, 0.717) is 22.2 Å². The Bertz CT molecular complexity index is 1100. The summed E-state index contributed by atoms with van der Waals surface area (Å²) >= 11 is 11.9. The van der Waals surface area contributed by atoms with Gasteiger partial charge < -0.3 is 4.57 Å². The molecule has 3 rings (SSSR count). The molecule has 0 N–H and O–H groups in total. The van der Waals surface area contributed by atoms with Crippen molar-refractivity contribution in [2.75, 3.05) is 4.31 Å². The lowest BCUT2D eigenvalue weighted by Gasteiger charge is -2.14. The van der Waals surface area contributed by atoms with Crippen LogP contribution < -0.4 is 4.31 Å². The molecule has 0 bridgehead atoms. The van der Waals surface area contributed by atoms with E-state index in [1.165, 1.54) is 6.20 Å². The minimum atomic E-state index is -3.18. The summed E-state index contributed by atoms with van der Waals surface area (Å²) in [7, 11) is -3.18. The molecule has 1 amide bonds. The second-order valence-corrected chi connectivity index (χ2v) is 7.70. The standard InChI is InChI=1S/C18H16Cl2N4O3S/c1-11-3-6-14(7-4-11)24(28(26)27)18(25)15-10-23(12(2)21-15)9-13-5-8-16(19)22-17(13)20/h3-8,10,28H,9H2,1-2H3. The fraction of sp³-hybridized carbons (Fsp3) is 0.167. The molecule has 2 heterocycles. The first-order valence-corrected chi connectivity index (χ1v) is 10.0. The van der Waals surface area contributed by atoms with Gasteiger partial charge in [-0.3, -0.25) is 4.79 Å². The molecular weight excluding hydrogens is 423 g/mol. The smallest absolute Gasteiger partial charge is 0.292 e. The van der Waals surface area contributed by atoms with Crippen molar-refractivity contribution in [1.29, 1.82) is 0 Å². The molecule has 3 aromatic rings. The topological polar surface area (TPSA) is 85.2 Å². The van der Waals surface area contributed by atoms with Crippen molar-refractivity contribution in [3.63, 3.8) is 0 Å². The van der Waals surface area contributed by atoms with E-state index < -0.39 is 16.8 Å². The number of carbonyl (C=O) groups excluding carboxylic acids is 1. The van der Waals surface area contributed by atoms with Crippen molar-refractivity contribution in [1.82, 2.24) is 14.5 Å². The molecule has 10 heteroatoms. The number of amides is 1. The summed E-state index contributed by atoms with van der Waals surface area (Å²) in [6.45, 7) is 3.89. The molecule has 28 heavy (non-hydrogen) atoms. The number of rotatable bonds is 5. The molecule has 0 fully saturated rings. The quantitative estimate of drug-likeness (QED) is 0.487.